The van der Waals surface area contributed by atoms with Gasteiger partial charge in [-0.05, 0) is 30.5 Å². The smallest absolute Gasteiger partial charge is 0.431 e. The summed E-state index contributed by atoms with van der Waals surface area (Å²) in [5.41, 5.74) is 3.13. The van der Waals surface area contributed by atoms with Crippen molar-refractivity contribution in [3.8, 4) is 10.9 Å². The van der Waals surface area contributed by atoms with Crippen molar-refractivity contribution in [1.29, 1.82) is 0 Å². The molecule has 1 aromatic carbocycles. The minimum atomic E-state index is -4.62. The molecule has 30 heavy (non-hydrogen) atoms. The van der Waals surface area contributed by atoms with Gasteiger partial charge in [0.2, 0.25) is 0 Å². The van der Waals surface area contributed by atoms with E-state index in [1.165, 1.54) is 17.7 Å². The Bertz CT molecular complexity index is 1190. The third kappa shape index (κ3) is 4.47. The van der Waals surface area contributed by atoms with Gasteiger partial charge in [0.25, 0.3) is 5.19 Å². The molecule has 0 atom stereocenters. The van der Waals surface area contributed by atoms with E-state index in [1.807, 2.05) is 19.1 Å². The maximum Gasteiger partial charge on any atom is 0.435 e. The maximum absolute atomic E-state index is 12.8. The fraction of sp³-hybridized carbons (Fsp3) is 0.222. The van der Waals surface area contributed by atoms with Crippen LogP contribution in [0.3, 0.4) is 0 Å². The Morgan fingerprint density at radius 2 is 2.03 bits per heavy atom. The molecule has 0 aliphatic heterocycles. The SMILES string of the molecule is Cc1cc(CCNc2ncnc3scnc23)ccc1Oc1nc(C(F)(F)F)c(Cl)s1. The molecule has 0 amide bonds. The first-order valence-corrected chi connectivity index (χ1v) is 10.7. The van der Waals surface area contributed by atoms with Crippen molar-refractivity contribution < 1.29 is 17.9 Å². The molecule has 6 nitrogen and oxygen atoms in total. The van der Waals surface area contributed by atoms with Crippen molar-refractivity contribution in [1.82, 2.24) is 19.9 Å². The molecular formula is C18H13ClF3N5OS2. The number of thiazole rings is 2. The molecule has 0 radical (unpaired) electrons. The maximum atomic E-state index is 12.8. The number of aryl methyl sites for hydroxylation is 1. The molecule has 0 aliphatic carbocycles. The van der Waals surface area contributed by atoms with Crippen LogP contribution < -0.4 is 10.1 Å². The van der Waals surface area contributed by atoms with Crippen molar-refractivity contribution in [3.63, 3.8) is 0 Å². The summed E-state index contributed by atoms with van der Waals surface area (Å²) in [6, 6.07) is 5.47. The van der Waals surface area contributed by atoms with Crippen LogP contribution >= 0.6 is 34.3 Å². The van der Waals surface area contributed by atoms with E-state index in [0.717, 1.165) is 21.5 Å². The number of halogens is 4. The van der Waals surface area contributed by atoms with Crippen LogP contribution in [0.5, 0.6) is 10.9 Å². The lowest BCUT2D eigenvalue weighted by Crippen LogP contribution is -2.07. The molecule has 0 saturated carbocycles. The van der Waals surface area contributed by atoms with Crippen LogP contribution in [0.2, 0.25) is 4.34 Å². The zero-order valence-electron chi connectivity index (χ0n) is 15.3. The topological polar surface area (TPSA) is 72.8 Å². The number of fused-ring (bicyclic) bond motifs is 1. The van der Waals surface area contributed by atoms with Gasteiger partial charge in [-0.15, -0.1) is 11.3 Å². The number of nitrogens with zero attached hydrogens (tertiary/aromatic N) is 4. The Hall–Kier alpha value is -2.50. The summed E-state index contributed by atoms with van der Waals surface area (Å²) in [7, 11) is 0. The molecule has 3 heterocycles. The lowest BCUT2D eigenvalue weighted by molar-refractivity contribution is -0.140. The highest BCUT2D eigenvalue weighted by atomic mass is 35.5. The average molecular weight is 472 g/mol. The summed E-state index contributed by atoms with van der Waals surface area (Å²) in [6.07, 6.45) is -2.42. The van der Waals surface area contributed by atoms with Crippen LogP contribution in [0.15, 0.2) is 30.0 Å². The minimum Gasteiger partial charge on any atom is -0.431 e. The van der Waals surface area contributed by atoms with Crippen molar-refractivity contribution in [2.45, 2.75) is 19.5 Å². The van der Waals surface area contributed by atoms with E-state index in [1.54, 1.807) is 11.6 Å². The van der Waals surface area contributed by atoms with Crippen LogP contribution in [0.1, 0.15) is 16.8 Å². The first-order valence-electron chi connectivity index (χ1n) is 8.60. The lowest BCUT2D eigenvalue weighted by atomic mass is 10.1. The number of anilines is 1. The largest absolute Gasteiger partial charge is 0.435 e. The van der Waals surface area contributed by atoms with E-state index in [4.69, 9.17) is 16.3 Å². The number of benzene rings is 1. The van der Waals surface area contributed by atoms with Crippen molar-refractivity contribution in [3.05, 3.63) is 51.2 Å². The Kier molecular flexibility index (Phi) is 5.76. The van der Waals surface area contributed by atoms with Gasteiger partial charge in [-0.3, -0.25) is 0 Å². The normalized spacial score (nSPS) is 11.8. The lowest BCUT2D eigenvalue weighted by Gasteiger charge is -2.09. The van der Waals surface area contributed by atoms with Crippen LogP contribution in [0.4, 0.5) is 19.0 Å². The molecule has 0 bridgehead atoms. The van der Waals surface area contributed by atoms with Crippen LogP contribution in [-0.4, -0.2) is 26.5 Å². The van der Waals surface area contributed by atoms with Gasteiger partial charge in [-0.2, -0.15) is 18.2 Å². The number of nitrogens with one attached hydrogen (secondary N) is 1. The predicted octanol–water partition coefficient (Wildman–Crippen LogP) is 5.97. The van der Waals surface area contributed by atoms with E-state index in [2.05, 4.69) is 25.3 Å². The highest BCUT2D eigenvalue weighted by molar-refractivity contribution is 7.17. The van der Waals surface area contributed by atoms with Crippen molar-refractivity contribution >= 4 is 50.4 Å². The summed E-state index contributed by atoms with van der Waals surface area (Å²) in [5.74, 6) is 1.10. The molecule has 0 fully saturated rings. The zero-order valence-corrected chi connectivity index (χ0v) is 17.7. The monoisotopic (exact) mass is 471 g/mol. The molecule has 0 spiro atoms. The van der Waals surface area contributed by atoms with Crippen LogP contribution in [0.25, 0.3) is 10.3 Å². The molecule has 1 N–H and O–H groups in total. The highest BCUT2D eigenvalue weighted by Gasteiger charge is 2.37. The van der Waals surface area contributed by atoms with Gasteiger partial charge in [0, 0.05) is 6.54 Å². The Balaban J connectivity index is 1.40. The summed E-state index contributed by atoms with van der Waals surface area (Å²) in [4.78, 5) is 16.9. The summed E-state index contributed by atoms with van der Waals surface area (Å²) in [5, 5.41) is 3.10. The number of hydrogen-bond donors (Lipinski definition) is 1. The highest BCUT2D eigenvalue weighted by Crippen LogP contribution is 2.41. The predicted molar refractivity (Wildman–Crippen MR) is 111 cm³/mol. The molecule has 156 valence electrons. The summed E-state index contributed by atoms with van der Waals surface area (Å²) < 4.78 is 43.6. The fourth-order valence-corrected chi connectivity index (χ4v) is 4.38. The van der Waals surface area contributed by atoms with Gasteiger partial charge in [-0.1, -0.05) is 35.1 Å². The molecule has 0 saturated heterocycles. The van der Waals surface area contributed by atoms with Gasteiger partial charge >= 0.3 is 6.18 Å². The molecular weight excluding hydrogens is 459 g/mol. The second-order valence-corrected chi connectivity index (χ2v) is 8.60. The number of alkyl halides is 3. The fourth-order valence-electron chi connectivity index (χ4n) is 2.73. The minimum absolute atomic E-state index is 0.152. The third-order valence-electron chi connectivity index (χ3n) is 4.11. The Morgan fingerprint density at radius 1 is 1.20 bits per heavy atom. The Morgan fingerprint density at radius 3 is 2.77 bits per heavy atom. The first kappa shape index (κ1) is 20.8. The number of rotatable bonds is 6. The number of ether oxygens (including phenoxy) is 1. The van der Waals surface area contributed by atoms with E-state index in [9.17, 15) is 13.2 Å². The van der Waals surface area contributed by atoms with Gasteiger partial charge < -0.3 is 10.1 Å². The van der Waals surface area contributed by atoms with E-state index < -0.39 is 16.2 Å². The van der Waals surface area contributed by atoms with E-state index in [0.29, 0.717) is 35.9 Å². The number of hydrogen-bond acceptors (Lipinski definition) is 8. The summed E-state index contributed by atoms with van der Waals surface area (Å²) in [6.45, 7) is 2.44. The standard InChI is InChI=1S/C18H13ClF3N5OS2/c1-9-6-10(4-5-23-15-12-16(25-7-24-15)29-8-26-12)2-3-11(9)28-17-27-13(14(19)30-17)18(20,21)22/h2-3,6-8H,4-5H2,1H3,(H,23,24,25). The van der Waals surface area contributed by atoms with Gasteiger partial charge in [0.15, 0.2) is 11.5 Å². The van der Waals surface area contributed by atoms with E-state index >= 15 is 0 Å². The second-order valence-electron chi connectivity index (χ2n) is 6.21. The first-order chi connectivity index (χ1) is 14.3. The second kappa shape index (κ2) is 8.32. The van der Waals surface area contributed by atoms with Gasteiger partial charge in [0.05, 0.1) is 5.51 Å². The zero-order chi connectivity index (χ0) is 21.3. The molecule has 4 aromatic rings. The average Bonchev–Trinajstić information content (AvgIpc) is 3.30. The molecule has 4 rings (SSSR count). The third-order valence-corrected chi connectivity index (χ3v) is 5.98. The molecule has 12 heteroatoms. The van der Waals surface area contributed by atoms with Crippen molar-refractivity contribution in [2.75, 3.05) is 11.9 Å². The number of aromatic nitrogens is 4. The van der Waals surface area contributed by atoms with Gasteiger partial charge in [0.1, 0.15) is 26.8 Å². The molecule has 3 aromatic heterocycles. The quantitative estimate of drug-likeness (QED) is 0.373. The van der Waals surface area contributed by atoms with Crippen molar-refractivity contribution in [2.24, 2.45) is 0 Å². The molecule has 0 unspecified atom stereocenters. The van der Waals surface area contributed by atoms with Gasteiger partial charge in [-0.25, -0.2) is 15.0 Å². The van der Waals surface area contributed by atoms with Crippen LogP contribution in [-0.2, 0) is 12.6 Å². The van der Waals surface area contributed by atoms with Crippen LogP contribution in [0, 0.1) is 6.92 Å². The summed E-state index contributed by atoms with van der Waals surface area (Å²) >= 11 is 7.73. The molecule has 0 aliphatic rings. The van der Waals surface area contributed by atoms with E-state index in [-0.39, 0.29) is 5.19 Å². The Labute approximate surface area is 181 Å².